The number of aromatic nitrogens is 3. The predicted octanol–water partition coefficient (Wildman–Crippen LogP) is 1.26. The first-order valence-electron chi connectivity index (χ1n) is 8.21. The minimum atomic E-state index is -0.0829. The molecule has 7 nitrogen and oxygen atoms in total. The number of hydrogen-bond acceptors (Lipinski definition) is 6. The average Bonchev–Trinajstić information content (AvgIpc) is 2.62. The van der Waals surface area contributed by atoms with E-state index in [0.29, 0.717) is 12.1 Å². The quantitative estimate of drug-likeness (QED) is 0.912. The molecule has 1 N–H and O–H groups in total. The van der Waals surface area contributed by atoms with Crippen molar-refractivity contribution >= 4 is 17.5 Å². The van der Waals surface area contributed by atoms with E-state index >= 15 is 0 Å². The van der Waals surface area contributed by atoms with Crippen molar-refractivity contribution in [2.45, 2.75) is 13.8 Å². The second-order valence-electron chi connectivity index (χ2n) is 5.70. The Morgan fingerprint density at radius 2 is 1.79 bits per heavy atom. The Kier molecular flexibility index (Phi) is 4.88. The maximum Gasteiger partial charge on any atom is 0.252 e. The lowest BCUT2D eigenvalue weighted by atomic mass is 10.2. The molecule has 0 unspecified atom stereocenters. The molecule has 1 fully saturated rings. The summed E-state index contributed by atoms with van der Waals surface area (Å²) in [6, 6.07) is 5.69. The SMILES string of the molecule is CCNC(=O)c1ccc(N2CCN(c3ccnc(C)n3)CC2)nc1. The van der Waals surface area contributed by atoms with Crippen LogP contribution in [-0.2, 0) is 0 Å². The molecular formula is C17H22N6O. The highest BCUT2D eigenvalue weighted by molar-refractivity contribution is 5.94. The van der Waals surface area contributed by atoms with Gasteiger partial charge in [-0.1, -0.05) is 0 Å². The monoisotopic (exact) mass is 326 g/mol. The maximum absolute atomic E-state index is 11.8. The molecule has 0 aliphatic carbocycles. The molecule has 1 saturated heterocycles. The number of aryl methyl sites for hydroxylation is 1. The predicted molar refractivity (Wildman–Crippen MR) is 93.4 cm³/mol. The van der Waals surface area contributed by atoms with Crippen LogP contribution < -0.4 is 15.1 Å². The molecule has 0 aromatic carbocycles. The number of piperazine rings is 1. The summed E-state index contributed by atoms with van der Waals surface area (Å²) in [7, 11) is 0. The Balaban J connectivity index is 1.61. The Morgan fingerprint density at radius 3 is 2.38 bits per heavy atom. The molecule has 2 aromatic heterocycles. The largest absolute Gasteiger partial charge is 0.353 e. The molecule has 24 heavy (non-hydrogen) atoms. The second kappa shape index (κ2) is 7.25. The van der Waals surface area contributed by atoms with Crippen LogP contribution in [0, 0.1) is 6.92 Å². The standard InChI is InChI=1S/C17H22N6O/c1-3-18-17(24)14-4-5-15(20-12-14)22-8-10-23(11-9-22)16-6-7-19-13(2)21-16/h4-7,12H,3,8-11H2,1-2H3,(H,18,24). The van der Waals surface area contributed by atoms with Crippen molar-refractivity contribution in [1.29, 1.82) is 0 Å². The lowest BCUT2D eigenvalue weighted by Gasteiger charge is -2.36. The number of carbonyl (C=O) groups excluding carboxylic acids is 1. The van der Waals surface area contributed by atoms with Crippen molar-refractivity contribution < 1.29 is 4.79 Å². The molecule has 0 saturated carbocycles. The number of pyridine rings is 1. The molecule has 2 aromatic rings. The van der Waals surface area contributed by atoms with Crippen LogP contribution >= 0.6 is 0 Å². The fourth-order valence-electron chi connectivity index (χ4n) is 2.75. The normalized spacial score (nSPS) is 14.6. The van der Waals surface area contributed by atoms with Gasteiger partial charge in [0.05, 0.1) is 5.56 Å². The minimum Gasteiger partial charge on any atom is -0.353 e. The summed E-state index contributed by atoms with van der Waals surface area (Å²) in [4.78, 5) is 29.3. The van der Waals surface area contributed by atoms with E-state index in [1.807, 2.05) is 32.0 Å². The lowest BCUT2D eigenvalue weighted by Crippen LogP contribution is -2.47. The van der Waals surface area contributed by atoms with Crippen LogP contribution in [0.4, 0.5) is 11.6 Å². The molecular weight excluding hydrogens is 304 g/mol. The number of rotatable bonds is 4. The summed E-state index contributed by atoms with van der Waals surface area (Å²) >= 11 is 0. The van der Waals surface area contributed by atoms with Gasteiger partial charge in [0.15, 0.2) is 0 Å². The van der Waals surface area contributed by atoms with Crippen molar-refractivity contribution in [1.82, 2.24) is 20.3 Å². The van der Waals surface area contributed by atoms with E-state index < -0.39 is 0 Å². The van der Waals surface area contributed by atoms with Crippen LogP contribution in [0.3, 0.4) is 0 Å². The summed E-state index contributed by atoms with van der Waals surface area (Å²) in [6.07, 6.45) is 3.44. The zero-order chi connectivity index (χ0) is 16.9. The van der Waals surface area contributed by atoms with Crippen molar-refractivity contribution in [2.24, 2.45) is 0 Å². The number of anilines is 2. The number of nitrogens with zero attached hydrogens (tertiary/aromatic N) is 5. The summed E-state index contributed by atoms with van der Waals surface area (Å²) in [5.41, 5.74) is 0.593. The molecule has 3 rings (SSSR count). The summed E-state index contributed by atoms with van der Waals surface area (Å²) in [5, 5.41) is 2.78. The van der Waals surface area contributed by atoms with E-state index in [-0.39, 0.29) is 5.91 Å². The van der Waals surface area contributed by atoms with Crippen molar-refractivity contribution in [3.8, 4) is 0 Å². The van der Waals surface area contributed by atoms with Gasteiger partial charge in [0, 0.05) is 45.1 Å². The topological polar surface area (TPSA) is 74.2 Å². The van der Waals surface area contributed by atoms with Gasteiger partial charge < -0.3 is 15.1 Å². The highest BCUT2D eigenvalue weighted by Gasteiger charge is 2.19. The van der Waals surface area contributed by atoms with Crippen LogP contribution in [-0.4, -0.2) is 53.6 Å². The number of carbonyl (C=O) groups is 1. The molecule has 1 aliphatic heterocycles. The first-order valence-corrected chi connectivity index (χ1v) is 8.21. The van der Waals surface area contributed by atoms with Crippen molar-refractivity contribution in [3.05, 3.63) is 42.0 Å². The third kappa shape index (κ3) is 3.61. The number of hydrogen-bond donors (Lipinski definition) is 1. The number of nitrogens with one attached hydrogen (secondary N) is 1. The second-order valence-corrected chi connectivity index (χ2v) is 5.70. The molecule has 0 radical (unpaired) electrons. The zero-order valence-corrected chi connectivity index (χ0v) is 14.1. The fourth-order valence-corrected chi connectivity index (χ4v) is 2.75. The fraction of sp³-hybridized carbons (Fsp3) is 0.412. The van der Waals surface area contributed by atoms with E-state index in [0.717, 1.165) is 43.6 Å². The molecule has 7 heteroatoms. The van der Waals surface area contributed by atoms with E-state index in [1.54, 1.807) is 12.4 Å². The molecule has 1 aliphatic rings. The van der Waals surface area contributed by atoms with Gasteiger partial charge in [0.1, 0.15) is 17.5 Å². The molecule has 1 amide bonds. The molecule has 0 spiro atoms. The van der Waals surface area contributed by atoms with Gasteiger partial charge in [-0.25, -0.2) is 15.0 Å². The molecule has 0 atom stereocenters. The first kappa shape index (κ1) is 16.2. The van der Waals surface area contributed by atoms with Crippen LogP contribution in [0.5, 0.6) is 0 Å². The van der Waals surface area contributed by atoms with Gasteiger partial charge in [-0.3, -0.25) is 4.79 Å². The molecule has 126 valence electrons. The van der Waals surface area contributed by atoms with Crippen molar-refractivity contribution in [2.75, 3.05) is 42.5 Å². The summed E-state index contributed by atoms with van der Waals surface area (Å²) in [6.45, 7) is 7.93. The minimum absolute atomic E-state index is 0.0829. The Hall–Kier alpha value is -2.70. The Labute approximate surface area is 141 Å². The maximum atomic E-state index is 11.8. The van der Waals surface area contributed by atoms with Gasteiger partial charge >= 0.3 is 0 Å². The Morgan fingerprint density at radius 1 is 1.08 bits per heavy atom. The summed E-state index contributed by atoms with van der Waals surface area (Å²) < 4.78 is 0. The van der Waals surface area contributed by atoms with Crippen LogP contribution in [0.25, 0.3) is 0 Å². The first-order chi connectivity index (χ1) is 11.7. The van der Waals surface area contributed by atoms with E-state index in [9.17, 15) is 4.79 Å². The molecule has 0 bridgehead atoms. The number of amides is 1. The zero-order valence-electron chi connectivity index (χ0n) is 14.1. The lowest BCUT2D eigenvalue weighted by molar-refractivity contribution is 0.0955. The van der Waals surface area contributed by atoms with Gasteiger partial charge in [0.25, 0.3) is 5.91 Å². The van der Waals surface area contributed by atoms with Crippen LogP contribution in [0.1, 0.15) is 23.1 Å². The highest BCUT2D eigenvalue weighted by atomic mass is 16.1. The highest BCUT2D eigenvalue weighted by Crippen LogP contribution is 2.17. The van der Waals surface area contributed by atoms with E-state index in [2.05, 4.69) is 30.1 Å². The van der Waals surface area contributed by atoms with Crippen LogP contribution in [0.2, 0.25) is 0 Å². The third-order valence-corrected chi connectivity index (χ3v) is 4.04. The van der Waals surface area contributed by atoms with Gasteiger partial charge in [-0.2, -0.15) is 0 Å². The van der Waals surface area contributed by atoms with Gasteiger partial charge in [0.2, 0.25) is 0 Å². The average molecular weight is 326 g/mol. The Bertz CT molecular complexity index is 694. The summed E-state index contributed by atoms with van der Waals surface area (Å²) in [5.74, 6) is 2.58. The van der Waals surface area contributed by atoms with E-state index in [1.165, 1.54) is 0 Å². The van der Waals surface area contributed by atoms with Gasteiger partial charge in [-0.05, 0) is 32.0 Å². The van der Waals surface area contributed by atoms with Crippen molar-refractivity contribution in [3.63, 3.8) is 0 Å². The van der Waals surface area contributed by atoms with Crippen LogP contribution in [0.15, 0.2) is 30.6 Å². The molecule has 3 heterocycles. The van der Waals surface area contributed by atoms with Gasteiger partial charge in [-0.15, -0.1) is 0 Å². The third-order valence-electron chi connectivity index (χ3n) is 4.04. The van der Waals surface area contributed by atoms with E-state index in [4.69, 9.17) is 0 Å². The smallest absolute Gasteiger partial charge is 0.252 e.